The van der Waals surface area contributed by atoms with Gasteiger partial charge in [-0.05, 0) is 17.7 Å². The molecule has 1 heterocycles. The topological polar surface area (TPSA) is 75.8 Å². The number of amides is 1. The highest BCUT2D eigenvalue weighted by atomic mass is 16.5. The summed E-state index contributed by atoms with van der Waals surface area (Å²) in [6.45, 7) is 4.76. The molecule has 104 valence electrons. The molecule has 1 aliphatic heterocycles. The normalized spacial score (nSPS) is 15.2. The van der Waals surface area contributed by atoms with Crippen molar-refractivity contribution in [1.82, 2.24) is 0 Å². The van der Waals surface area contributed by atoms with Gasteiger partial charge in [0.2, 0.25) is 0 Å². The molecule has 0 atom stereocenters. The van der Waals surface area contributed by atoms with Gasteiger partial charge in [-0.25, -0.2) is 0 Å². The average Bonchev–Trinajstić information content (AvgIpc) is 2.41. The molecule has 5 nitrogen and oxygen atoms in total. The standard InChI is InChI=1S/C14H20N2O3/c1-14(2,9-17)8-16-11-5-10(6-15)3-4-12(11)19-7-13(16)18/h3-5,17H,6-9,15H2,1-2H3. The molecule has 0 saturated heterocycles. The van der Waals surface area contributed by atoms with Crippen LogP contribution < -0.4 is 15.4 Å². The number of nitrogens with two attached hydrogens (primary N) is 1. The molecule has 19 heavy (non-hydrogen) atoms. The first-order valence-electron chi connectivity index (χ1n) is 6.34. The fraction of sp³-hybridized carbons (Fsp3) is 0.500. The van der Waals surface area contributed by atoms with E-state index in [4.69, 9.17) is 10.5 Å². The number of aliphatic hydroxyl groups is 1. The summed E-state index contributed by atoms with van der Waals surface area (Å²) in [5.41, 5.74) is 6.96. The Balaban J connectivity index is 2.36. The molecule has 0 aromatic heterocycles. The predicted octanol–water partition coefficient (Wildman–Crippen LogP) is 0.889. The first kappa shape index (κ1) is 13.8. The fourth-order valence-electron chi connectivity index (χ4n) is 2.03. The van der Waals surface area contributed by atoms with Gasteiger partial charge in [-0.2, -0.15) is 0 Å². The maximum absolute atomic E-state index is 12.0. The van der Waals surface area contributed by atoms with E-state index in [0.29, 0.717) is 18.8 Å². The Morgan fingerprint density at radius 3 is 2.84 bits per heavy atom. The molecular weight excluding hydrogens is 244 g/mol. The average molecular weight is 264 g/mol. The highest BCUT2D eigenvalue weighted by Crippen LogP contribution is 2.34. The second-order valence-corrected chi connectivity index (χ2v) is 5.60. The smallest absolute Gasteiger partial charge is 0.265 e. The van der Waals surface area contributed by atoms with Crippen molar-refractivity contribution >= 4 is 11.6 Å². The Morgan fingerprint density at radius 2 is 2.21 bits per heavy atom. The number of carbonyl (C=O) groups excluding carboxylic acids is 1. The van der Waals surface area contributed by atoms with E-state index in [1.165, 1.54) is 0 Å². The van der Waals surface area contributed by atoms with E-state index in [0.717, 1.165) is 11.3 Å². The summed E-state index contributed by atoms with van der Waals surface area (Å²) in [6.07, 6.45) is 0. The molecule has 1 aromatic carbocycles. The molecule has 0 unspecified atom stereocenters. The predicted molar refractivity (Wildman–Crippen MR) is 73.0 cm³/mol. The van der Waals surface area contributed by atoms with E-state index in [2.05, 4.69) is 0 Å². The van der Waals surface area contributed by atoms with E-state index < -0.39 is 0 Å². The minimum atomic E-state index is -0.358. The molecule has 0 radical (unpaired) electrons. The molecule has 0 bridgehead atoms. The molecule has 0 saturated carbocycles. The molecule has 1 amide bonds. The third kappa shape index (κ3) is 2.88. The van der Waals surface area contributed by atoms with Crippen molar-refractivity contribution in [3.05, 3.63) is 23.8 Å². The summed E-state index contributed by atoms with van der Waals surface area (Å²) in [5, 5.41) is 9.37. The number of anilines is 1. The quantitative estimate of drug-likeness (QED) is 0.847. The highest BCUT2D eigenvalue weighted by molar-refractivity contribution is 5.98. The van der Waals surface area contributed by atoms with Crippen LogP contribution in [0.1, 0.15) is 19.4 Å². The number of rotatable bonds is 4. The third-order valence-electron chi connectivity index (χ3n) is 3.22. The largest absolute Gasteiger partial charge is 0.482 e. The number of hydrogen-bond acceptors (Lipinski definition) is 4. The van der Waals surface area contributed by atoms with Gasteiger partial charge in [0.05, 0.1) is 5.69 Å². The van der Waals surface area contributed by atoms with Crippen LogP contribution in [0.25, 0.3) is 0 Å². The number of ether oxygens (including phenoxy) is 1. The molecule has 0 spiro atoms. The summed E-state index contributed by atoms with van der Waals surface area (Å²) in [6, 6.07) is 5.60. The minimum Gasteiger partial charge on any atom is -0.482 e. The molecule has 1 aliphatic rings. The van der Waals surface area contributed by atoms with E-state index >= 15 is 0 Å². The molecule has 0 aliphatic carbocycles. The van der Waals surface area contributed by atoms with E-state index in [1.54, 1.807) is 4.90 Å². The maximum Gasteiger partial charge on any atom is 0.265 e. The second-order valence-electron chi connectivity index (χ2n) is 5.60. The van der Waals surface area contributed by atoms with Gasteiger partial charge in [0.25, 0.3) is 5.91 Å². The summed E-state index contributed by atoms with van der Waals surface area (Å²) >= 11 is 0. The molecule has 0 fully saturated rings. The van der Waals surface area contributed by atoms with Crippen LogP contribution in [-0.4, -0.2) is 30.8 Å². The Morgan fingerprint density at radius 1 is 1.47 bits per heavy atom. The van der Waals surface area contributed by atoms with Gasteiger partial charge in [0.1, 0.15) is 5.75 Å². The summed E-state index contributed by atoms with van der Waals surface area (Å²) in [4.78, 5) is 13.7. The number of carbonyl (C=O) groups is 1. The van der Waals surface area contributed by atoms with Crippen LogP contribution in [0.5, 0.6) is 5.75 Å². The van der Waals surface area contributed by atoms with Crippen LogP contribution in [0, 0.1) is 5.41 Å². The monoisotopic (exact) mass is 264 g/mol. The summed E-state index contributed by atoms with van der Waals surface area (Å²) in [5.74, 6) is 0.591. The van der Waals surface area contributed by atoms with Gasteiger partial charge < -0.3 is 20.5 Å². The van der Waals surface area contributed by atoms with Gasteiger partial charge in [0.15, 0.2) is 6.61 Å². The molecule has 3 N–H and O–H groups in total. The van der Waals surface area contributed by atoms with Crippen molar-refractivity contribution in [2.45, 2.75) is 20.4 Å². The van der Waals surface area contributed by atoms with E-state index in [1.807, 2.05) is 32.0 Å². The van der Waals surface area contributed by atoms with Gasteiger partial charge in [-0.15, -0.1) is 0 Å². The number of nitrogens with zero attached hydrogens (tertiary/aromatic N) is 1. The SMILES string of the molecule is CC(C)(CO)CN1C(=O)COc2ccc(CN)cc21. The zero-order chi connectivity index (χ0) is 14.0. The van der Waals surface area contributed by atoms with Crippen LogP contribution in [0.2, 0.25) is 0 Å². The minimum absolute atomic E-state index is 0.0174. The first-order chi connectivity index (χ1) is 8.96. The van der Waals surface area contributed by atoms with Crippen molar-refractivity contribution in [2.75, 3.05) is 24.7 Å². The lowest BCUT2D eigenvalue weighted by molar-refractivity contribution is -0.121. The maximum atomic E-state index is 12.0. The Labute approximate surface area is 113 Å². The third-order valence-corrected chi connectivity index (χ3v) is 3.22. The number of hydrogen-bond donors (Lipinski definition) is 2. The number of aliphatic hydroxyl groups excluding tert-OH is 1. The van der Waals surface area contributed by atoms with Gasteiger partial charge in [-0.1, -0.05) is 19.9 Å². The lowest BCUT2D eigenvalue weighted by Crippen LogP contribution is -2.45. The van der Waals surface area contributed by atoms with Crippen LogP contribution in [0.15, 0.2) is 18.2 Å². The fourth-order valence-corrected chi connectivity index (χ4v) is 2.03. The van der Waals surface area contributed by atoms with Crippen molar-refractivity contribution < 1.29 is 14.6 Å². The second kappa shape index (κ2) is 5.19. The molecular formula is C14H20N2O3. The molecule has 5 heteroatoms. The summed E-state index contributed by atoms with van der Waals surface area (Å²) in [7, 11) is 0. The van der Waals surface area contributed by atoms with E-state index in [9.17, 15) is 9.90 Å². The van der Waals surface area contributed by atoms with Crippen LogP contribution in [-0.2, 0) is 11.3 Å². The molecule has 2 rings (SSSR count). The van der Waals surface area contributed by atoms with Gasteiger partial charge in [0, 0.05) is 25.1 Å². The zero-order valence-corrected chi connectivity index (χ0v) is 11.3. The Hall–Kier alpha value is -1.59. The van der Waals surface area contributed by atoms with Gasteiger partial charge in [-0.3, -0.25) is 4.79 Å². The van der Waals surface area contributed by atoms with Crippen molar-refractivity contribution in [1.29, 1.82) is 0 Å². The number of fused-ring (bicyclic) bond motifs is 1. The zero-order valence-electron chi connectivity index (χ0n) is 11.3. The van der Waals surface area contributed by atoms with Crippen molar-refractivity contribution in [2.24, 2.45) is 11.1 Å². The molecule has 1 aromatic rings. The highest BCUT2D eigenvalue weighted by Gasteiger charge is 2.30. The Bertz CT molecular complexity index is 486. The van der Waals surface area contributed by atoms with Crippen LogP contribution in [0.3, 0.4) is 0 Å². The number of benzene rings is 1. The van der Waals surface area contributed by atoms with Gasteiger partial charge >= 0.3 is 0 Å². The summed E-state index contributed by atoms with van der Waals surface area (Å²) < 4.78 is 5.42. The Kier molecular flexibility index (Phi) is 3.78. The van der Waals surface area contributed by atoms with Crippen molar-refractivity contribution in [3.8, 4) is 5.75 Å². The van der Waals surface area contributed by atoms with Crippen LogP contribution in [0.4, 0.5) is 5.69 Å². The van der Waals surface area contributed by atoms with Crippen LogP contribution >= 0.6 is 0 Å². The van der Waals surface area contributed by atoms with Crippen molar-refractivity contribution in [3.63, 3.8) is 0 Å². The lowest BCUT2D eigenvalue weighted by atomic mass is 9.93. The van der Waals surface area contributed by atoms with E-state index in [-0.39, 0.29) is 24.5 Å². The lowest BCUT2D eigenvalue weighted by Gasteiger charge is -2.35. The first-order valence-corrected chi connectivity index (χ1v) is 6.34.